The third-order valence-electron chi connectivity index (χ3n) is 2.24. The number of nitrogens with one attached hydrogen (secondary N) is 1. The summed E-state index contributed by atoms with van der Waals surface area (Å²) in [5.74, 6) is 0. The number of anilines is 1. The standard InChI is InChI=1S/C12H14N2S/c13-8-10-3-5-11(6-4-10)14-9-12-2-1-7-15-12/h1-7,14H,8-9,13H2. The van der Waals surface area contributed by atoms with E-state index in [0.29, 0.717) is 6.54 Å². The molecule has 15 heavy (non-hydrogen) atoms. The number of hydrogen-bond donors (Lipinski definition) is 2. The summed E-state index contributed by atoms with van der Waals surface area (Å²) >= 11 is 1.77. The first-order valence-corrected chi connectivity index (χ1v) is 5.82. The normalized spacial score (nSPS) is 10.2. The Morgan fingerprint density at radius 3 is 2.53 bits per heavy atom. The van der Waals surface area contributed by atoms with Gasteiger partial charge in [0, 0.05) is 23.7 Å². The van der Waals surface area contributed by atoms with Gasteiger partial charge in [0.2, 0.25) is 0 Å². The molecule has 0 atom stereocenters. The molecule has 0 aliphatic rings. The molecule has 0 saturated carbocycles. The van der Waals surface area contributed by atoms with Crippen LogP contribution >= 0.6 is 11.3 Å². The van der Waals surface area contributed by atoms with Crippen LogP contribution in [0.2, 0.25) is 0 Å². The van der Waals surface area contributed by atoms with E-state index in [2.05, 4.69) is 47.1 Å². The zero-order valence-electron chi connectivity index (χ0n) is 8.44. The molecule has 3 N–H and O–H groups in total. The van der Waals surface area contributed by atoms with Crippen LogP contribution in [0.4, 0.5) is 5.69 Å². The van der Waals surface area contributed by atoms with Crippen molar-refractivity contribution in [3.63, 3.8) is 0 Å². The van der Waals surface area contributed by atoms with Crippen molar-refractivity contribution >= 4 is 17.0 Å². The second-order valence-electron chi connectivity index (χ2n) is 3.33. The van der Waals surface area contributed by atoms with Crippen LogP contribution in [0.1, 0.15) is 10.4 Å². The molecule has 0 bridgehead atoms. The van der Waals surface area contributed by atoms with Crippen LogP contribution in [-0.2, 0) is 13.1 Å². The highest BCUT2D eigenvalue weighted by Crippen LogP contribution is 2.13. The summed E-state index contributed by atoms with van der Waals surface area (Å²) in [5, 5.41) is 5.46. The second-order valence-corrected chi connectivity index (χ2v) is 4.37. The van der Waals surface area contributed by atoms with Crippen molar-refractivity contribution in [1.82, 2.24) is 0 Å². The fourth-order valence-corrected chi connectivity index (χ4v) is 2.01. The minimum absolute atomic E-state index is 0.602. The topological polar surface area (TPSA) is 38.0 Å². The molecule has 3 heteroatoms. The van der Waals surface area contributed by atoms with Gasteiger partial charge in [0.05, 0.1) is 0 Å². The molecule has 78 valence electrons. The monoisotopic (exact) mass is 218 g/mol. The molecule has 1 heterocycles. The third-order valence-corrected chi connectivity index (χ3v) is 3.11. The predicted octanol–water partition coefficient (Wildman–Crippen LogP) is 2.82. The summed E-state index contributed by atoms with van der Waals surface area (Å²) in [5.41, 5.74) is 7.84. The van der Waals surface area contributed by atoms with Gasteiger partial charge in [0.25, 0.3) is 0 Å². The van der Waals surface area contributed by atoms with Gasteiger partial charge < -0.3 is 11.1 Å². The van der Waals surface area contributed by atoms with E-state index in [-0.39, 0.29) is 0 Å². The van der Waals surface area contributed by atoms with Gasteiger partial charge in [-0.15, -0.1) is 11.3 Å². The highest BCUT2D eigenvalue weighted by molar-refractivity contribution is 7.09. The molecule has 2 nitrogen and oxygen atoms in total. The summed E-state index contributed by atoms with van der Waals surface area (Å²) in [7, 11) is 0. The fraction of sp³-hybridized carbons (Fsp3) is 0.167. The maximum atomic E-state index is 5.53. The highest BCUT2D eigenvalue weighted by atomic mass is 32.1. The lowest BCUT2D eigenvalue weighted by atomic mass is 10.2. The maximum absolute atomic E-state index is 5.53. The summed E-state index contributed by atoms with van der Waals surface area (Å²) in [4.78, 5) is 1.35. The Morgan fingerprint density at radius 2 is 1.93 bits per heavy atom. The number of benzene rings is 1. The van der Waals surface area contributed by atoms with Gasteiger partial charge in [0.15, 0.2) is 0 Å². The second kappa shape index (κ2) is 4.96. The van der Waals surface area contributed by atoms with Crippen LogP contribution in [0.5, 0.6) is 0 Å². The first-order chi connectivity index (χ1) is 7.38. The van der Waals surface area contributed by atoms with Gasteiger partial charge in [-0.05, 0) is 29.1 Å². The van der Waals surface area contributed by atoms with Crippen molar-refractivity contribution in [2.75, 3.05) is 5.32 Å². The molecule has 2 aromatic rings. The fourth-order valence-electron chi connectivity index (χ4n) is 1.36. The smallest absolute Gasteiger partial charge is 0.0494 e. The van der Waals surface area contributed by atoms with Gasteiger partial charge in [-0.3, -0.25) is 0 Å². The zero-order valence-corrected chi connectivity index (χ0v) is 9.26. The van der Waals surface area contributed by atoms with E-state index in [1.165, 1.54) is 4.88 Å². The van der Waals surface area contributed by atoms with E-state index in [0.717, 1.165) is 17.8 Å². The largest absolute Gasteiger partial charge is 0.380 e. The quantitative estimate of drug-likeness (QED) is 0.828. The van der Waals surface area contributed by atoms with Gasteiger partial charge >= 0.3 is 0 Å². The summed E-state index contributed by atoms with van der Waals surface area (Å²) in [6.07, 6.45) is 0. The van der Waals surface area contributed by atoms with Gasteiger partial charge in [-0.1, -0.05) is 18.2 Å². The zero-order chi connectivity index (χ0) is 10.5. The van der Waals surface area contributed by atoms with E-state index in [1.807, 2.05) is 0 Å². The summed E-state index contributed by atoms with van der Waals surface area (Å²) < 4.78 is 0. The summed E-state index contributed by atoms with van der Waals surface area (Å²) in [6.45, 7) is 1.49. The van der Waals surface area contributed by atoms with E-state index < -0.39 is 0 Å². The number of thiophene rings is 1. The van der Waals surface area contributed by atoms with Crippen LogP contribution in [0, 0.1) is 0 Å². The lowest BCUT2D eigenvalue weighted by Gasteiger charge is -2.05. The van der Waals surface area contributed by atoms with Crippen LogP contribution in [0.25, 0.3) is 0 Å². The molecule has 0 fully saturated rings. The molecule has 0 unspecified atom stereocenters. The Bertz CT molecular complexity index is 392. The maximum Gasteiger partial charge on any atom is 0.0494 e. The molecule has 1 aromatic carbocycles. The van der Waals surface area contributed by atoms with Crippen molar-refractivity contribution in [2.24, 2.45) is 5.73 Å². The highest BCUT2D eigenvalue weighted by Gasteiger charge is 1.94. The van der Waals surface area contributed by atoms with Crippen molar-refractivity contribution in [2.45, 2.75) is 13.1 Å². The van der Waals surface area contributed by atoms with Crippen molar-refractivity contribution < 1.29 is 0 Å². The number of hydrogen-bond acceptors (Lipinski definition) is 3. The van der Waals surface area contributed by atoms with Crippen molar-refractivity contribution in [3.05, 3.63) is 52.2 Å². The van der Waals surface area contributed by atoms with Gasteiger partial charge in [-0.25, -0.2) is 0 Å². The Balaban J connectivity index is 1.93. The average Bonchev–Trinajstić information content (AvgIpc) is 2.80. The van der Waals surface area contributed by atoms with E-state index >= 15 is 0 Å². The van der Waals surface area contributed by atoms with Crippen LogP contribution in [-0.4, -0.2) is 0 Å². The molecule has 0 amide bonds. The van der Waals surface area contributed by atoms with Crippen LogP contribution in [0.15, 0.2) is 41.8 Å². The lowest BCUT2D eigenvalue weighted by molar-refractivity contribution is 1.07. The SMILES string of the molecule is NCc1ccc(NCc2cccs2)cc1. The van der Waals surface area contributed by atoms with Gasteiger partial charge in [0.1, 0.15) is 0 Å². The minimum atomic E-state index is 0.602. The van der Waals surface area contributed by atoms with Crippen molar-refractivity contribution in [1.29, 1.82) is 0 Å². The van der Waals surface area contributed by atoms with Crippen LogP contribution in [0.3, 0.4) is 0 Å². The summed E-state index contributed by atoms with van der Waals surface area (Å²) in [6, 6.07) is 12.4. The number of nitrogens with two attached hydrogens (primary N) is 1. The Kier molecular flexibility index (Phi) is 3.37. The van der Waals surface area contributed by atoms with E-state index in [4.69, 9.17) is 5.73 Å². The van der Waals surface area contributed by atoms with Gasteiger partial charge in [-0.2, -0.15) is 0 Å². The molecule has 1 aromatic heterocycles. The molecule has 0 aliphatic carbocycles. The lowest BCUT2D eigenvalue weighted by Crippen LogP contribution is -1.99. The molecular formula is C12H14N2S. The first-order valence-electron chi connectivity index (χ1n) is 4.94. The first kappa shape index (κ1) is 10.2. The molecule has 0 saturated heterocycles. The molecule has 0 spiro atoms. The average molecular weight is 218 g/mol. The number of rotatable bonds is 4. The Labute approximate surface area is 93.7 Å². The minimum Gasteiger partial charge on any atom is -0.380 e. The molecule has 2 rings (SSSR count). The Morgan fingerprint density at radius 1 is 1.13 bits per heavy atom. The van der Waals surface area contributed by atoms with Crippen molar-refractivity contribution in [3.8, 4) is 0 Å². The molecule has 0 radical (unpaired) electrons. The molecule has 0 aliphatic heterocycles. The Hall–Kier alpha value is -1.32. The van der Waals surface area contributed by atoms with E-state index in [1.54, 1.807) is 11.3 Å². The molecular weight excluding hydrogens is 204 g/mol. The van der Waals surface area contributed by atoms with E-state index in [9.17, 15) is 0 Å². The third kappa shape index (κ3) is 2.81. The van der Waals surface area contributed by atoms with Crippen LogP contribution < -0.4 is 11.1 Å². The predicted molar refractivity (Wildman–Crippen MR) is 66.0 cm³/mol.